The number of rotatable bonds is 2. The van der Waals surface area contributed by atoms with Crippen molar-refractivity contribution < 1.29 is 4.74 Å². The monoisotopic (exact) mass is 184 g/mol. The molecule has 0 bridgehead atoms. The molecule has 2 rings (SSSR count). The second-order valence-electron chi connectivity index (χ2n) is 3.17. The molecular weight excluding hydrogens is 172 g/mol. The Hall–Kier alpha value is -1.76. The molecule has 0 fully saturated rings. The first-order valence-electron chi connectivity index (χ1n) is 4.54. The molecule has 1 heteroatoms. The van der Waals surface area contributed by atoms with Crippen molar-refractivity contribution in [3.05, 3.63) is 66.0 Å². The van der Waals surface area contributed by atoms with Crippen LogP contribution in [0.5, 0.6) is 0 Å². The second kappa shape index (κ2) is 3.54. The average molecular weight is 184 g/mol. The number of hydrogen-bond donors (Lipinski definition) is 0. The van der Waals surface area contributed by atoms with Gasteiger partial charge in [-0.3, -0.25) is 0 Å². The fraction of sp³-hybridized carbons (Fsp3) is 0.0769. The Morgan fingerprint density at radius 2 is 1.79 bits per heavy atom. The number of benzene rings is 1. The molecule has 0 radical (unpaired) electrons. The molecule has 0 unspecified atom stereocenters. The summed E-state index contributed by atoms with van der Waals surface area (Å²) in [6.07, 6.45) is 3.92. The third-order valence-electron chi connectivity index (χ3n) is 2.29. The number of ether oxygens (including phenoxy) is 1. The summed E-state index contributed by atoms with van der Waals surface area (Å²) >= 11 is 0. The van der Waals surface area contributed by atoms with E-state index in [9.17, 15) is 0 Å². The minimum absolute atomic E-state index is 0.890. The van der Waals surface area contributed by atoms with Crippen LogP contribution in [0.3, 0.4) is 0 Å². The van der Waals surface area contributed by atoms with E-state index < -0.39 is 0 Å². The lowest BCUT2D eigenvalue weighted by Crippen LogP contribution is -1.88. The third kappa shape index (κ3) is 1.37. The number of hydrogen-bond acceptors (Lipinski definition) is 1. The van der Waals surface area contributed by atoms with Crippen molar-refractivity contribution >= 4 is 5.57 Å². The Morgan fingerprint density at radius 1 is 1.07 bits per heavy atom. The molecule has 1 aliphatic rings. The van der Waals surface area contributed by atoms with Crippen molar-refractivity contribution in [2.75, 3.05) is 7.11 Å². The fourth-order valence-electron chi connectivity index (χ4n) is 1.60. The van der Waals surface area contributed by atoms with E-state index in [1.54, 1.807) is 7.11 Å². The molecule has 0 spiro atoms. The van der Waals surface area contributed by atoms with Crippen LogP contribution in [0.4, 0.5) is 0 Å². The molecule has 0 aliphatic heterocycles. The van der Waals surface area contributed by atoms with Crippen LogP contribution in [0.2, 0.25) is 0 Å². The summed E-state index contributed by atoms with van der Waals surface area (Å²) < 4.78 is 5.28. The van der Waals surface area contributed by atoms with Gasteiger partial charge in [-0.1, -0.05) is 43.0 Å². The summed E-state index contributed by atoms with van der Waals surface area (Å²) in [5.74, 6) is 0.890. The molecule has 1 aromatic carbocycles. The van der Waals surface area contributed by atoms with Crippen molar-refractivity contribution in [3.63, 3.8) is 0 Å². The van der Waals surface area contributed by atoms with E-state index in [0.29, 0.717) is 0 Å². The lowest BCUT2D eigenvalue weighted by atomic mass is 10.0. The van der Waals surface area contributed by atoms with Crippen LogP contribution in [0.25, 0.3) is 5.57 Å². The minimum atomic E-state index is 0.890. The Kier molecular flexibility index (Phi) is 2.23. The van der Waals surface area contributed by atoms with Crippen LogP contribution >= 0.6 is 0 Å². The zero-order valence-corrected chi connectivity index (χ0v) is 8.16. The molecule has 1 nitrogen and oxygen atoms in total. The predicted molar refractivity (Wildman–Crippen MR) is 58.7 cm³/mol. The Labute approximate surface area is 84.0 Å². The molecular formula is C13H12O. The van der Waals surface area contributed by atoms with Gasteiger partial charge in [-0.15, -0.1) is 0 Å². The van der Waals surface area contributed by atoms with Crippen LogP contribution in [-0.4, -0.2) is 7.11 Å². The summed E-state index contributed by atoms with van der Waals surface area (Å²) in [4.78, 5) is 0. The van der Waals surface area contributed by atoms with Gasteiger partial charge in [0.1, 0.15) is 5.76 Å². The highest BCUT2D eigenvalue weighted by atomic mass is 16.5. The van der Waals surface area contributed by atoms with E-state index >= 15 is 0 Å². The SMILES string of the molecule is C=C1C=CC(OC)=C1c1ccccc1. The van der Waals surface area contributed by atoms with Gasteiger partial charge in [0.15, 0.2) is 0 Å². The van der Waals surface area contributed by atoms with Gasteiger partial charge in [-0.05, 0) is 17.2 Å². The average Bonchev–Trinajstić information content (AvgIpc) is 2.61. The van der Waals surface area contributed by atoms with Crippen molar-refractivity contribution in [2.24, 2.45) is 0 Å². The summed E-state index contributed by atoms with van der Waals surface area (Å²) in [7, 11) is 1.68. The highest BCUT2D eigenvalue weighted by Gasteiger charge is 2.14. The van der Waals surface area contributed by atoms with Gasteiger partial charge in [0.2, 0.25) is 0 Å². The van der Waals surface area contributed by atoms with Gasteiger partial charge in [0.25, 0.3) is 0 Å². The van der Waals surface area contributed by atoms with Crippen molar-refractivity contribution in [2.45, 2.75) is 0 Å². The van der Waals surface area contributed by atoms with Crippen molar-refractivity contribution in [1.29, 1.82) is 0 Å². The lowest BCUT2D eigenvalue weighted by Gasteiger charge is -2.07. The van der Waals surface area contributed by atoms with Gasteiger partial charge in [-0.25, -0.2) is 0 Å². The topological polar surface area (TPSA) is 9.23 Å². The molecule has 0 saturated heterocycles. The van der Waals surface area contributed by atoms with E-state index in [0.717, 1.165) is 22.5 Å². The zero-order chi connectivity index (χ0) is 9.97. The molecule has 0 atom stereocenters. The Bertz CT molecular complexity index is 410. The number of allylic oxidation sites excluding steroid dienone is 4. The quantitative estimate of drug-likeness (QED) is 0.686. The highest BCUT2D eigenvalue weighted by molar-refractivity contribution is 5.87. The molecule has 0 aromatic heterocycles. The predicted octanol–water partition coefficient (Wildman–Crippen LogP) is 3.17. The molecule has 0 amide bonds. The minimum Gasteiger partial charge on any atom is -0.496 e. The van der Waals surface area contributed by atoms with E-state index in [1.807, 2.05) is 30.4 Å². The maximum atomic E-state index is 5.28. The molecule has 70 valence electrons. The van der Waals surface area contributed by atoms with E-state index in [2.05, 4.69) is 18.7 Å². The van der Waals surface area contributed by atoms with E-state index in [1.165, 1.54) is 0 Å². The van der Waals surface area contributed by atoms with Crippen LogP contribution < -0.4 is 0 Å². The third-order valence-corrected chi connectivity index (χ3v) is 2.29. The van der Waals surface area contributed by atoms with Crippen LogP contribution in [0.15, 0.2) is 60.4 Å². The molecule has 14 heavy (non-hydrogen) atoms. The largest absolute Gasteiger partial charge is 0.496 e. The Morgan fingerprint density at radius 3 is 2.43 bits per heavy atom. The molecule has 1 aliphatic carbocycles. The summed E-state index contributed by atoms with van der Waals surface area (Å²) in [6, 6.07) is 10.2. The second-order valence-corrected chi connectivity index (χ2v) is 3.17. The molecule has 1 aromatic rings. The highest BCUT2D eigenvalue weighted by Crippen LogP contribution is 2.32. The van der Waals surface area contributed by atoms with Gasteiger partial charge in [0, 0.05) is 5.57 Å². The zero-order valence-electron chi connectivity index (χ0n) is 8.16. The van der Waals surface area contributed by atoms with E-state index in [-0.39, 0.29) is 0 Å². The maximum absolute atomic E-state index is 5.28. The van der Waals surface area contributed by atoms with Gasteiger partial charge < -0.3 is 4.74 Å². The smallest absolute Gasteiger partial charge is 0.127 e. The first-order valence-corrected chi connectivity index (χ1v) is 4.54. The maximum Gasteiger partial charge on any atom is 0.127 e. The van der Waals surface area contributed by atoms with Crippen LogP contribution in [0.1, 0.15) is 5.56 Å². The van der Waals surface area contributed by atoms with E-state index in [4.69, 9.17) is 4.74 Å². The van der Waals surface area contributed by atoms with Gasteiger partial charge >= 0.3 is 0 Å². The summed E-state index contributed by atoms with van der Waals surface area (Å²) in [5, 5.41) is 0. The van der Waals surface area contributed by atoms with Gasteiger partial charge in [0.05, 0.1) is 7.11 Å². The first kappa shape index (κ1) is 8.82. The van der Waals surface area contributed by atoms with Crippen LogP contribution in [-0.2, 0) is 4.74 Å². The summed E-state index contributed by atoms with van der Waals surface area (Å²) in [5.41, 5.74) is 3.25. The standard InChI is InChI=1S/C13H12O/c1-10-8-9-12(14-2)13(10)11-6-4-3-5-7-11/h3-9H,1H2,2H3. The lowest BCUT2D eigenvalue weighted by molar-refractivity contribution is 0.310. The fourth-order valence-corrected chi connectivity index (χ4v) is 1.60. The van der Waals surface area contributed by atoms with Crippen LogP contribution in [0, 0.1) is 0 Å². The Balaban J connectivity index is 2.49. The van der Waals surface area contributed by atoms with Crippen molar-refractivity contribution in [3.8, 4) is 0 Å². The molecule has 0 saturated carbocycles. The molecule has 0 N–H and O–H groups in total. The molecule has 0 heterocycles. The first-order chi connectivity index (χ1) is 6.83. The van der Waals surface area contributed by atoms with Gasteiger partial charge in [-0.2, -0.15) is 0 Å². The van der Waals surface area contributed by atoms with Crippen molar-refractivity contribution in [1.82, 2.24) is 0 Å². The number of methoxy groups -OCH3 is 1. The summed E-state index contributed by atoms with van der Waals surface area (Å²) in [6.45, 7) is 3.99. The normalized spacial score (nSPS) is 15.1.